The van der Waals surface area contributed by atoms with Gasteiger partial charge in [-0.05, 0) is 113 Å². The number of benzene rings is 1. The minimum Gasteiger partial charge on any atom is -0.508 e. The van der Waals surface area contributed by atoms with Gasteiger partial charge in [-0.1, -0.05) is 54.2 Å². The molecule has 1 spiro atoms. The molecule has 0 heterocycles. The van der Waals surface area contributed by atoms with Gasteiger partial charge in [-0.25, -0.2) is 0 Å². The number of phenols is 1. The van der Waals surface area contributed by atoms with E-state index >= 15 is 0 Å². The van der Waals surface area contributed by atoms with Gasteiger partial charge in [0.15, 0.2) is 5.78 Å². The first kappa shape index (κ1) is 35.7. The lowest BCUT2D eigenvalue weighted by Gasteiger charge is -2.55. The van der Waals surface area contributed by atoms with Crippen molar-refractivity contribution < 1.29 is 35.4 Å². The summed E-state index contributed by atoms with van der Waals surface area (Å²) in [6.45, 7) is 11.2. The Hall–Kier alpha value is -2.81. The first-order valence-electron chi connectivity index (χ1n) is 15.8. The Bertz CT molecular complexity index is 1280. The fourth-order valence-corrected chi connectivity index (χ4v) is 7.37. The van der Waals surface area contributed by atoms with E-state index < -0.39 is 29.1 Å². The number of phenolic OH excluding ortho intramolecular Hbond substituents is 1. The Kier molecular flexibility index (Phi) is 12.5. The fraction of sp³-hybridized carbons (Fsp3) is 0.541. The van der Waals surface area contributed by atoms with Crippen LogP contribution in [0.4, 0.5) is 0 Å². The second-order valence-corrected chi connectivity index (χ2v) is 13.1. The Balaban J connectivity index is 1.94. The van der Waals surface area contributed by atoms with E-state index in [4.69, 9.17) is 0 Å². The molecule has 0 saturated heterocycles. The maximum atomic E-state index is 13.5. The number of Topliss-reactive ketones (excluding diaryl/α,β-unsaturated/α-hetero) is 1. The maximum Gasteiger partial charge on any atom is 0.162 e. The van der Waals surface area contributed by atoms with Gasteiger partial charge in [0.25, 0.3) is 0 Å². The highest BCUT2D eigenvalue weighted by atomic mass is 16.3. The van der Waals surface area contributed by atoms with Crippen molar-refractivity contribution in [3.8, 4) is 5.75 Å². The second kappa shape index (κ2) is 15.5. The van der Waals surface area contributed by atoms with Gasteiger partial charge in [0.05, 0.1) is 24.4 Å². The van der Waals surface area contributed by atoms with Crippen molar-refractivity contribution in [1.82, 2.24) is 0 Å². The number of carbonyl (C=O) groups is 1. The molecule has 2 saturated carbocycles. The van der Waals surface area contributed by atoms with E-state index in [-0.39, 0.29) is 37.1 Å². The van der Waals surface area contributed by atoms with Gasteiger partial charge in [0, 0.05) is 24.4 Å². The summed E-state index contributed by atoms with van der Waals surface area (Å²) in [6, 6.07) is 6.56. The average Bonchev–Trinajstić information content (AvgIpc) is 3.33. The normalized spacial score (nSPS) is 29.2. The van der Waals surface area contributed by atoms with Crippen LogP contribution in [0.5, 0.6) is 5.75 Å². The van der Waals surface area contributed by atoms with E-state index in [9.17, 15) is 35.4 Å². The summed E-state index contributed by atoms with van der Waals surface area (Å²) in [6.07, 6.45) is 8.99. The van der Waals surface area contributed by atoms with Crippen molar-refractivity contribution in [2.45, 2.75) is 96.9 Å². The number of aliphatic hydroxyl groups is 5. The van der Waals surface area contributed by atoms with Crippen LogP contribution < -0.4 is 0 Å². The first-order chi connectivity index (χ1) is 20.8. The standard InChI is InChI=1S/C37H52O7/c1-24(2)11-16-33(41)25(3)8-6-9-28(23-39)31-18-20-37(35(31)43)32(10-7-21-38)30(17-19-36(37,5)44)26(4)34(42)22-27-12-14-29(40)15-13-27/h6,8-9,11-15,31-33,35,38-41,43-44H,3,7,10,16-23H2,1-2,4-5H3/b8-6+,28-9-,30-26+/t31-,32-,33-,35-,36-,37-/m1/s1. The largest absolute Gasteiger partial charge is 0.508 e. The van der Waals surface area contributed by atoms with Crippen LogP contribution in [0.1, 0.15) is 78.2 Å². The van der Waals surface area contributed by atoms with Crippen LogP contribution in [0.2, 0.25) is 0 Å². The molecule has 2 aliphatic carbocycles. The molecule has 2 aliphatic rings. The Morgan fingerprint density at radius 1 is 1.14 bits per heavy atom. The van der Waals surface area contributed by atoms with Crippen LogP contribution in [-0.2, 0) is 11.2 Å². The zero-order valence-electron chi connectivity index (χ0n) is 26.8. The van der Waals surface area contributed by atoms with Crippen molar-refractivity contribution >= 4 is 5.78 Å². The van der Waals surface area contributed by atoms with Gasteiger partial charge in [0.2, 0.25) is 0 Å². The van der Waals surface area contributed by atoms with Gasteiger partial charge in [-0.2, -0.15) is 0 Å². The lowest BCUT2D eigenvalue weighted by molar-refractivity contribution is -0.167. The van der Waals surface area contributed by atoms with E-state index in [2.05, 4.69) is 6.58 Å². The highest BCUT2D eigenvalue weighted by molar-refractivity contribution is 5.97. The van der Waals surface area contributed by atoms with Crippen LogP contribution in [0.25, 0.3) is 0 Å². The molecule has 242 valence electrons. The third-order valence-electron chi connectivity index (χ3n) is 10.0. The SMILES string of the molecule is C=C(/C=C/C=C(/CO)[C@H]1CC[C@@]2([C@H](CCCO)/C(=C(\C)C(=O)Cc3ccc(O)cc3)CC[C@@]2(C)O)[C@@H]1O)[C@H](O)CC=C(C)C. The lowest BCUT2D eigenvalue weighted by Crippen LogP contribution is -2.59. The zero-order chi connectivity index (χ0) is 32.7. The molecule has 0 aromatic heterocycles. The molecular weight excluding hydrogens is 556 g/mol. The molecule has 0 radical (unpaired) electrons. The predicted octanol–water partition coefficient (Wildman–Crippen LogP) is 5.26. The van der Waals surface area contributed by atoms with Crippen LogP contribution in [0, 0.1) is 17.3 Å². The summed E-state index contributed by atoms with van der Waals surface area (Å²) < 4.78 is 0. The predicted molar refractivity (Wildman–Crippen MR) is 174 cm³/mol. The average molecular weight is 609 g/mol. The molecule has 6 N–H and O–H groups in total. The number of hydrogen-bond donors (Lipinski definition) is 6. The van der Waals surface area contributed by atoms with E-state index in [1.165, 1.54) is 0 Å². The molecule has 1 aromatic carbocycles. The zero-order valence-corrected chi connectivity index (χ0v) is 26.8. The maximum absolute atomic E-state index is 13.5. The van der Waals surface area contributed by atoms with Crippen molar-refractivity contribution in [2.75, 3.05) is 13.2 Å². The van der Waals surface area contributed by atoms with Gasteiger partial charge < -0.3 is 30.6 Å². The Morgan fingerprint density at radius 3 is 2.43 bits per heavy atom. The summed E-state index contributed by atoms with van der Waals surface area (Å²) >= 11 is 0. The Morgan fingerprint density at radius 2 is 1.82 bits per heavy atom. The molecule has 6 atom stereocenters. The molecule has 7 heteroatoms. The summed E-state index contributed by atoms with van der Waals surface area (Å²) in [7, 11) is 0. The minimum atomic E-state index is -1.23. The van der Waals surface area contributed by atoms with Gasteiger partial charge in [-0.15, -0.1) is 0 Å². The third-order valence-corrected chi connectivity index (χ3v) is 10.0. The Labute approximate surface area is 262 Å². The van der Waals surface area contributed by atoms with Crippen LogP contribution in [-0.4, -0.2) is 67.4 Å². The van der Waals surface area contributed by atoms with Crippen molar-refractivity contribution in [1.29, 1.82) is 0 Å². The summed E-state index contributed by atoms with van der Waals surface area (Å²) in [5, 5.41) is 64.2. The van der Waals surface area contributed by atoms with Gasteiger partial charge in [0.1, 0.15) is 5.75 Å². The molecule has 0 aliphatic heterocycles. The lowest BCUT2D eigenvalue weighted by atomic mass is 9.52. The number of hydrogen-bond acceptors (Lipinski definition) is 7. The second-order valence-electron chi connectivity index (χ2n) is 13.1. The van der Waals surface area contributed by atoms with Gasteiger partial charge in [-0.3, -0.25) is 4.79 Å². The van der Waals surface area contributed by atoms with E-state index in [0.717, 1.165) is 16.7 Å². The summed E-state index contributed by atoms with van der Waals surface area (Å²) in [4.78, 5) is 13.5. The first-order valence-corrected chi connectivity index (χ1v) is 15.8. The van der Waals surface area contributed by atoms with Crippen LogP contribution in [0.3, 0.4) is 0 Å². The number of allylic oxidation sites excluding steroid dienone is 5. The van der Waals surface area contributed by atoms with E-state index in [0.29, 0.717) is 61.7 Å². The topological polar surface area (TPSA) is 138 Å². The van der Waals surface area contributed by atoms with Gasteiger partial charge >= 0.3 is 0 Å². The molecule has 0 unspecified atom stereocenters. The number of aromatic hydroxyl groups is 1. The number of aliphatic hydroxyl groups excluding tert-OH is 4. The third kappa shape index (κ3) is 7.88. The summed E-state index contributed by atoms with van der Waals surface area (Å²) in [5.74, 6) is -0.657. The summed E-state index contributed by atoms with van der Waals surface area (Å²) in [5.41, 5.74) is 2.41. The molecular formula is C37H52O7. The van der Waals surface area contributed by atoms with Crippen LogP contribution in [0.15, 0.2) is 83.0 Å². The molecule has 7 nitrogen and oxygen atoms in total. The molecule has 0 bridgehead atoms. The molecule has 44 heavy (non-hydrogen) atoms. The molecule has 1 aromatic rings. The van der Waals surface area contributed by atoms with Crippen molar-refractivity contribution in [3.63, 3.8) is 0 Å². The molecule has 0 amide bonds. The van der Waals surface area contributed by atoms with E-state index in [1.54, 1.807) is 49.4 Å². The molecule has 3 rings (SSSR count). The minimum absolute atomic E-state index is 0.0437. The van der Waals surface area contributed by atoms with Crippen molar-refractivity contribution in [2.24, 2.45) is 17.3 Å². The van der Waals surface area contributed by atoms with Crippen LogP contribution >= 0.6 is 0 Å². The van der Waals surface area contributed by atoms with E-state index in [1.807, 2.05) is 26.8 Å². The quantitative estimate of drug-likeness (QED) is 0.102. The molecule has 2 fully saturated rings. The number of carbonyl (C=O) groups excluding carboxylic acids is 1. The highest BCUT2D eigenvalue weighted by Crippen LogP contribution is 2.63. The van der Waals surface area contributed by atoms with Crippen molar-refractivity contribution in [3.05, 3.63) is 88.6 Å². The number of rotatable bonds is 13. The smallest absolute Gasteiger partial charge is 0.162 e. The monoisotopic (exact) mass is 608 g/mol. The highest BCUT2D eigenvalue weighted by Gasteiger charge is 2.64. The fourth-order valence-electron chi connectivity index (χ4n) is 7.37. The number of ketones is 1.